The van der Waals surface area contributed by atoms with Crippen LogP contribution in [0.5, 0.6) is 11.5 Å². The topological polar surface area (TPSA) is 84.9 Å². The van der Waals surface area contributed by atoms with Gasteiger partial charge in [-0.05, 0) is 76.9 Å². The number of para-hydroxylation sites is 1. The van der Waals surface area contributed by atoms with Crippen LogP contribution in [0, 0.1) is 0 Å². The molecule has 3 amide bonds. The number of nitrogens with one attached hydrogen (secondary N) is 1. The smallest absolute Gasteiger partial charge is 0.294 e. The number of ether oxygens (including phenoxy) is 2. The van der Waals surface area contributed by atoms with Gasteiger partial charge in [-0.3, -0.25) is 19.3 Å². The first kappa shape index (κ1) is 23.9. The van der Waals surface area contributed by atoms with Crippen LogP contribution in [0.4, 0.5) is 10.5 Å². The normalized spacial score (nSPS) is 15.8. The van der Waals surface area contributed by atoms with Crippen molar-refractivity contribution >= 4 is 56.5 Å². The van der Waals surface area contributed by atoms with Gasteiger partial charge in [0.15, 0.2) is 11.5 Å². The van der Waals surface area contributed by atoms with Gasteiger partial charge in [0.1, 0.15) is 6.54 Å². The lowest BCUT2D eigenvalue weighted by atomic mass is 10.1. The molecule has 0 aliphatic carbocycles. The van der Waals surface area contributed by atoms with E-state index in [1.165, 1.54) is 0 Å². The van der Waals surface area contributed by atoms with Crippen LogP contribution in [-0.4, -0.2) is 41.7 Å². The van der Waals surface area contributed by atoms with Gasteiger partial charge >= 0.3 is 0 Å². The maximum absolute atomic E-state index is 12.8. The molecule has 0 radical (unpaired) electrons. The lowest BCUT2D eigenvalue weighted by Gasteiger charge is -2.15. The summed E-state index contributed by atoms with van der Waals surface area (Å²) in [5, 5.41) is 2.20. The maximum atomic E-state index is 12.8. The summed E-state index contributed by atoms with van der Waals surface area (Å²) in [6.45, 7) is 3.63. The van der Waals surface area contributed by atoms with Crippen LogP contribution in [-0.2, 0) is 9.59 Å². The fourth-order valence-electron chi connectivity index (χ4n) is 2.85. The number of methoxy groups -OCH3 is 1. The quantitative estimate of drug-likeness (QED) is 0.476. The van der Waals surface area contributed by atoms with Crippen LogP contribution >= 0.6 is 27.7 Å². The summed E-state index contributed by atoms with van der Waals surface area (Å²) in [4.78, 5) is 38.7. The van der Waals surface area contributed by atoms with Crippen LogP contribution in [0.2, 0.25) is 0 Å². The van der Waals surface area contributed by atoms with Gasteiger partial charge in [0, 0.05) is 4.47 Å². The molecule has 0 bridgehead atoms. The molecule has 0 spiro atoms. The summed E-state index contributed by atoms with van der Waals surface area (Å²) in [7, 11) is 1.54. The van der Waals surface area contributed by atoms with Crippen molar-refractivity contribution in [2.75, 3.05) is 19.0 Å². The van der Waals surface area contributed by atoms with E-state index in [0.717, 1.165) is 23.1 Å². The van der Waals surface area contributed by atoms with Gasteiger partial charge in [0.25, 0.3) is 11.1 Å². The lowest BCUT2D eigenvalue weighted by Crippen LogP contribution is -2.36. The molecular weight excluding hydrogens is 496 g/mol. The third-order valence-corrected chi connectivity index (χ3v) is 6.31. The highest BCUT2D eigenvalue weighted by atomic mass is 79.9. The van der Waals surface area contributed by atoms with Crippen LogP contribution < -0.4 is 14.8 Å². The number of rotatable bonds is 8. The summed E-state index contributed by atoms with van der Waals surface area (Å²) in [6.07, 6.45) is 2.49. The number of halogens is 1. The molecule has 1 fully saturated rings. The number of benzene rings is 2. The van der Waals surface area contributed by atoms with Crippen LogP contribution in [0.15, 0.2) is 51.8 Å². The number of carbonyl (C=O) groups is 3. The Hall–Kier alpha value is -2.78. The molecular formula is C23H23BrN2O5S. The number of carbonyl (C=O) groups excluding carboxylic acids is 3. The van der Waals surface area contributed by atoms with E-state index in [1.54, 1.807) is 49.6 Å². The van der Waals surface area contributed by atoms with Gasteiger partial charge in [0.05, 0.1) is 23.8 Å². The molecule has 0 aromatic heterocycles. The van der Waals surface area contributed by atoms with Gasteiger partial charge in [-0.2, -0.15) is 0 Å². The van der Waals surface area contributed by atoms with Gasteiger partial charge in [0.2, 0.25) is 5.91 Å². The Morgan fingerprint density at radius 2 is 1.97 bits per heavy atom. The summed E-state index contributed by atoms with van der Waals surface area (Å²) >= 11 is 4.14. The molecule has 0 saturated carbocycles. The van der Waals surface area contributed by atoms with Crippen molar-refractivity contribution in [3.8, 4) is 11.5 Å². The molecule has 1 saturated heterocycles. The average molecular weight is 519 g/mol. The third-order valence-electron chi connectivity index (χ3n) is 4.71. The number of nitrogens with zero attached hydrogens (tertiary/aromatic N) is 1. The Bertz CT molecular complexity index is 1070. The third kappa shape index (κ3) is 5.72. The van der Waals surface area contributed by atoms with E-state index in [-0.39, 0.29) is 17.6 Å². The predicted molar refractivity (Wildman–Crippen MR) is 129 cm³/mol. The Morgan fingerprint density at radius 3 is 2.66 bits per heavy atom. The lowest BCUT2D eigenvalue weighted by molar-refractivity contribution is -0.127. The van der Waals surface area contributed by atoms with Crippen LogP contribution in [0.25, 0.3) is 6.08 Å². The fraction of sp³-hybridized carbons (Fsp3) is 0.261. The summed E-state index contributed by atoms with van der Waals surface area (Å²) < 4.78 is 11.9. The summed E-state index contributed by atoms with van der Waals surface area (Å²) in [5.74, 6) is 0.164. The van der Waals surface area contributed by atoms with Crippen molar-refractivity contribution in [2.45, 2.75) is 26.4 Å². The molecule has 7 nitrogen and oxygen atoms in total. The van der Waals surface area contributed by atoms with E-state index in [1.807, 2.05) is 19.9 Å². The van der Waals surface area contributed by atoms with E-state index < -0.39 is 17.1 Å². The largest absolute Gasteiger partial charge is 0.493 e. The van der Waals surface area contributed by atoms with Crippen molar-refractivity contribution in [3.05, 3.63) is 57.4 Å². The van der Waals surface area contributed by atoms with E-state index in [9.17, 15) is 14.4 Å². The second-order valence-electron chi connectivity index (χ2n) is 7.04. The zero-order valence-corrected chi connectivity index (χ0v) is 20.3. The number of imide groups is 1. The van der Waals surface area contributed by atoms with Crippen molar-refractivity contribution in [1.29, 1.82) is 0 Å². The first-order valence-electron chi connectivity index (χ1n) is 9.96. The molecule has 1 N–H and O–H groups in total. The Balaban J connectivity index is 1.72. The van der Waals surface area contributed by atoms with Crippen LogP contribution in [0.3, 0.4) is 0 Å². The van der Waals surface area contributed by atoms with E-state index >= 15 is 0 Å². The monoisotopic (exact) mass is 518 g/mol. The molecule has 1 aliphatic rings. The van der Waals surface area contributed by atoms with Gasteiger partial charge in [-0.25, -0.2) is 0 Å². The second kappa shape index (κ2) is 10.7. The minimum atomic E-state index is -0.513. The molecule has 2 aromatic carbocycles. The van der Waals surface area contributed by atoms with E-state index in [4.69, 9.17) is 9.47 Å². The van der Waals surface area contributed by atoms with Gasteiger partial charge in [-0.15, -0.1) is 0 Å². The molecule has 3 rings (SSSR count). The second-order valence-corrected chi connectivity index (χ2v) is 8.89. The number of thioether (sulfide) groups is 1. The molecule has 9 heteroatoms. The Kier molecular flexibility index (Phi) is 7.98. The average Bonchev–Trinajstić information content (AvgIpc) is 3.03. The molecule has 0 unspecified atom stereocenters. The Morgan fingerprint density at radius 1 is 1.22 bits per heavy atom. The zero-order chi connectivity index (χ0) is 23.3. The predicted octanol–water partition coefficient (Wildman–Crippen LogP) is 5.31. The molecule has 168 valence electrons. The number of hydrogen-bond donors (Lipinski definition) is 1. The standard InChI is InChI=1S/C23H23BrN2O5S/c1-4-14(2)31-18-10-9-15(11-19(18)30-3)12-20-22(28)26(23(29)32-20)13-21(27)25-17-8-6-5-7-16(17)24/h5-12,14H,4,13H2,1-3H3,(H,25,27)/b20-12-/t14-/m1/s1. The first-order chi connectivity index (χ1) is 15.3. The first-order valence-corrected chi connectivity index (χ1v) is 11.6. The maximum Gasteiger partial charge on any atom is 0.294 e. The van der Waals surface area contributed by atoms with Crippen molar-refractivity contribution in [1.82, 2.24) is 4.90 Å². The zero-order valence-electron chi connectivity index (χ0n) is 17.9. The highest BCUT2D eigenvalue weighted by molar-refractivity contribution is 9.10. The molecule has 1 heterocycles. The molecule has 1 atom stereocenters. The van der Waals surface area contributed by atoms with E-state index in [0.29, 0.717) is 27.2 Å². The SMILES string of the molecule is CC[C@@H](C)Oc1ccc(/C=C2\SC(=O)N(CC(=O)Nc3ccccc3Br)C2=O)cc1OC. The minimum Gasteiger partial charge on any atom is -0.493 e. The highest BCUT2D eigenvalue weighted by Gasteiger charge is 2.36. The van der Waals surface area contributed by atoms with Crippen molar-refractivity contribution in [2.24, 2.45) is 0 Å². The molecule has 32 heavy (non-hydrogen) atoms. The number of amides is 3. The van der Waals surface area contributed by atoms with Crippen molar-refractivity contribution in [3.63, 3.8) is 0 Å². The number of hydrogen-bond acceptors (Lipinski definition) is 6. The highest BCUT2D eigenvalue weighted by Crippen LogP contribution is 2.35. The van der Waals surface area contributed by atoms with Crippen molar-refractivity contribution < 1.29 is 23.9 Å². The molecule has 2 aromatic rings. The van der Waals surface area contributed by atoms with Gasteiger partial charge < -0.3 is 14.8 Å². The Labute approximate surface area is 199 Å². The summed E-state index contributed by atoms with van der Waals surface area (Å²) in [5.41, 5.74) is 1.24. The summed E-state index contributed by atoms with van der Waals surface area (Å²) in [6, 6.07) is 12.4. The van der Waals surface area contributed by atoms with Crippen LogP contribution in [0.1, 0.15) is 25.8 Å². The van der Waals surface area contributed by atoms with Gasteiger partial charge in [-0.1, -0.05) is 25.1 Å². The van der Waals surface area contributed by atoms with E-state index in [2.05, 4.69) is 21.2 Å². The fourth-order valence-corrected chi connectivity index (χ4v) is 4.08. The minimum absolute atomic E-state index is 0.0360. The molecule has 1 aliphatic heterocycles. The number of anilines is 1.